The van der Waals surface area contributed by atoms with Crippen molar-refractivity contribution in [2.45, 2.75) is 12.5 Å². The van der Waals surface area contributed by atoms with E-state index in [0.29, 0.717) is 32.0 Å². The zero-order chi connectivity index (χ0) is 13.7. The van der Waals surface area contributed by atoms with Crippen molar-refractivity contribution in [3.05, 3.63) is 35.8 Å². The average molecular weight is 267 g/mol. The number of rotatable bonds is 7. The molecular formula is C14H18FNO3. The lowest BCUT2D eigenvalue weighted by atomic mass is 10.1. The monoisotopic (exact) mass is 267 g/mol. The second-order valence-electron chi connectivity index (χ2n) is 4.31. The first-order valence-corrected chi connectivity index (χ1v) is 6.22. The summed E-state index contributed by atoms with van der Waals surface area (Å²) in [5, 5.41) is 0.728. The number of hydrogen-bond donors (Lipinski definition) is 1. The number of furan rings is 1. The lowest BCUT2D eigenvalue weighted by molar-refractivity contribution is 0.0665. The van der Waals surface area contributed by atoms with E-state index in [4.69, 9.17) is 19.6 Å². The van der Waals surface area contributed by atoms with Crippen molar-refractivity contribution in [3.63, 3.8) is 0 Å². The van der Waals surface area contributed by atoms with Crippen LogP contribution < -0.4 is 5.73 Å². The van der Waals surface area contributed by atoms with Gasteiger partial charge < -0.3 is 19.6 Å². The van der Waals surface area contributed by atoms with E-state index in [2.05, 4.69) is 0 Å². The van der Waals surface area contributed by atoms with Gasteiger partial charge in [-0.2, -0.15) is 0 Å². The van der Waals surface area contributed by atoms with Crippen molar-refractivity contribution in [1.29, 1.82) is 0 Å². The van der Waals surface area contributed by atoms with Crippen LogP contribution in [-0.2, 0) is 9.47 Å². The van der Waals surface area contributed by atoms with Crippen LogP contribution in [0.15, 0.2) is 28.7 Å². The molecule has 1 heterocycles. The number of methoxy groups -OCH3 is 1. The molecule has 1 aromatic carbocycles. The van der Waals surface area contributed by atoms with Gasteiger partial charge in [0.15, 0.2) is 11.4 Å². The molecule has 104 valence electrons. The third-order valence-corrected chi connectivity index (χ3v) is 2.89. The van der Waals surface area contributed by atoms with Crippen LogP contribution in [-0.4, -0.2) is 26.9 Å². The summed E-state index contributed by atoms with van der Waals surface area (Å²) in [6.45, 7) is 1.62. The second-order valence-corrected chi connectivity index (χ2v) is 4.31. The zero-order valence-corrected chi connectivity index (χ0v) is 10.9. The van der Waals surface area contributed by atoms with Crippen molar-refractivity contribution in [2.75, 3.05) is 26.9 Å². The Balaban J connectivity index is 1.94. The van der Waals surface area contributed by atoms with Gasteiger partial charge in [-0.1, -0.05) is 12.1 Å². The molecule has 0 aliphatic rings. The number of fused-ring (bicyclic) bond motifs is 1. The molecule has 0 saturated carbocycles. The number of benzene rings is 1. The molecule has 2 rings (SSSR count). The van der Waals surface area contributed by atoms with E-state index in [1.54, 1.807) is 25.3 Å². The predicted molar refractivity (Wildman–Crippen MR) is 70.4 cm³/mol. The van der Waals surface area contributed by atoms with Gasteiger partial charge in [0.25, 0.3) is 0 Å². The number of halogens is 1. The molecule has 0 saturated heterocycles. The molecular weight excluding hydrogens is 249 g/mol. The van der Waals surface area contributed by atoms with Gasteiger partial charge in [0.05, 0.1) is 19.3 Å². The largest absolute Gasteiger partial charge is 0.456 e. The van der Waals surface area contributed by atoms with Crippen LogP contribution in [0.25, 0.3) is 11.0 Å². The SMILES string of the molecule is COCCOCCC(N)c1cc2cccc(F)c2o1. The maximum Gasteiger partial charge on any atom is 0.169 e. The Hall–Kier alpha value is -1.43. The molecule has 0 bridgehead atoms. The summed E-state index contributed by atoms with van der Waals surface area (Å²) in [6, 6.07) is 6.30. The molecule has 0 fully saturated rings. The van der Waals surface area contributed by atoms with Crippen LogP contribution in [0, 0.1) is 5.82 Å². The van der Waals surface area contributed by atoms with Crippen LogP contribution in [0.1, 0.15) is 18.2 Å². The molecule has 0 radical (unpaired) electrons. The van der Waals surface area contributed by atoms with Gasteiger partial charge >= 0.3 is 0 Å². The highest BCUT2D eigenvalue weighted by atomic mass is 19.1. The summed E-state index contributed by atoms with van der Waals surface area (Å²) < 4.78 is 29.2. The minimum absolute atomic E-state index is 0.258. The van der Waals surface area contributed by atoms with Crippen molar-refractivity contribution in [2.24, 2.45) is 5.73 Å². The van der Waals surface area contributed by atoms with Crippen molar-refractivity contribution in [3.8, 4) is 0 Å². The summed E-state index contributed by atoms with van der Waals surface area (Å²) in [6.07, 6.45) is 0.616. The van der Waals surface area contributed by atoms with Crippen LogP contribution in [0.4, 0.5) is 4.39 Å². The third-order valence-electron chi connectivity index (χ3n) is 2.89. The average Bonchev–Trinajstić information content (AvgIpc) is 2.84. The standard InChI is InChI=1S/C14H18FNO3/c1-17-7-8-18-6-5-12(16)13-9-10-3-2-4-11(15)14(10)19-13/h2-4,9,12H,5-8,16H2,1H3. The molecule has 1 atom stereocenters. The van der Waals surface area contributed by atoms with Crippen LogP contribution >= 0.6 is 0 Å². The van der Waals surface area contributed by atoms with Crippen molar-refractivity contribution in [1.82, 2.24) is 0 Å². The minimum atomic E-state index is -0.368. The first kappa shape index (κ1) is 14.0. The lowest BCUT2D eigenvalue weighted by Crippen LogP contribution is -2.13. The summed E-state index contributed by atoms with van der Waals surface area (Å²) in [4.78, 5) is 0. The Bertz CT molecular complexity index is 526. The summed E-state index contributed by atoms with van der Waals surface area (Å²) in [7, 11) is 1.62. The summed E-state index contributed by atoms with van der Waals surface area (Å²) in [5.41, 5.74) is 6.25. The third kappa shape index (κ3) is 3.53. The van der Waals surface area contributed by atoms with Crippen molar-refractivity contribution < 1.29 is 18.3 Å². The van der Waals surface area contributed by atoms with Gasteiger partial charge in [-0.15, -0.1) is 0 Å². The highest BCUT2D eigenvalue weighted by Crippen LogP contribution is 2.26. The Morgan fingerprint density at radius 1 is 1.32 bits per heavy atom. The second kappa shape index (κ2) is 6.65. The summed E-state index contributed by atoms with van der Waals surface area (Å²) in [5.74, 6) is 0.211. The molecule has 5 heteroatoms. The van der Waals surface area contributed by atoms with E-state index in [1.165, 1.54) is 6.07 Å². The Labute approximate surface area is 111 Å². The van der Waals surface area contributed by atoms with E-state index in [-0.39, 0.29) is 17.4 Å². The maximum absolute atomic E-state index is 13.5. The van der Waals surface area contributed by atoms with Gasteiger partial charge in [0.2, 0.25) is 0 Å². The van der Waals surface area contributed by atoms with E-state index >= 15 is 0 Å². The predicted octanol–water partition coefficient (Wildman–Crippen LogP) is 2.62. The molecule has 19 heavy (non-hydrogen) atoms. The fraction of sp³-hybridized carbons (Fsp3) is 0.429. The quantitative estimate of drug-likeness (QED) is 0.783. The zero-order valence-electron chi connectivity index (χ0n) is 10.9. The fourth-order valence-corrected chi connectivity index (χ4v) is 1.83. The highest BCUT2D eigenvalue weighted by molar-refractivity contribution is 5.78. The number of para-hydroxylation sites is 1. The minimum Gasteiger partial charge on any atom is -0.456 e. The summed E-state index contributed by atoms with van der Waals surface area (Å²) >= 11 is 0. The normalized spacial score (nSPS) is 13.0. The van der Waals surface area contributed by atoms with Gasteiger partial charge in [0, 0.05) is 19.1 Å². The molecule has 4 nitrogen and oxygen atoms in total. The van der Waals surface area contributed by atoms with Gasteiger partial charge in [-0.3, -0.25) is 0 Å². The highest BCUT2D eigenvalue weighted by Gasteiger charge is 2.13. The fourth-order valence-electron chi connectivity index (χ4n) is 1.83. The number of ether oxygens (including phenoxy) is 2. The Kier molecular flexibility index (Phi) is 4.90. The molecule has 2 aromatic rings. The van der Waals surface area contributed by atoms with E-state index in [9.17, 15) is 4.39 Å². The van der Waals surface area contributed by atoms with Gasteiger partial charge in [-0.25, -0.2) is 4.39 Å². The smallest absolute Gasteiger partial charge is 0.169 e. The number of hydrogen-bond acceptors (Lipinski definition) is 4. The Morgan fingerprint density at radius 3 is 2.89 bits per heavy atom. The van der Waals surface area contributed by atoms with Crippen LogP contribution in [0.2, 0.25) is 0 Å². The lowest BCUT2D eigenvalue weighted by Gasteiger charge is -2.08. The van der Waals surface area contributed by atoms with Crippen LogP contribution in [0.3, 0.4) is 0 Å². The molecule has 0 spiro atoms. The molecule has 0 aliphatic carbocycles. The first-order valence-electron chi connectivity index (χ1n) is 6.22. The first-order chi connectivity index (χ1) is 9.22. The Morgan fingerprint density at radius 2 is 2.16 bits per heavy atom. The van der Waals surface area contributed by atoms with Gasteiger partial charge in [-0.05, 0) is 18.6 Å². The molecule has 0 aliphatic heterocycles. The van der Waals surface area contributed by atoms with Crippen molar-refractivity contribution >= 4 is 11.0 Å². The number of nitrogens with two attached hydrogens (primary N) is 1. The van der Waals surface area contributed by atoms with Gasteiger partial charge in [0.1, 0.15) is 5.76 Å². The molecule has 1 unspecified atom stereocenters. The molecule has 1 aromatic heterocycles. The molecule has 0 amide bonds. The topological polar surface area (TPSA) is 57.6 Å². The van der Waals surface area contributed by atoms with E-state index in [1.807, 2.05) is 0 Å². The maximum atomic E-state index is 13.5. The van der Waals surface area contributed by atoms with Crippen LogP contribution in [0.5, 0.6) is 0 Å². The van der Waals surface area contributed by atoms with E-state index in [0.717, 1.165) is 5.39 Å². The van der Waals surface area contributed by atoms with E-state index < -0.39 is 0 Å². The molecule has 2 N–H and O–H groups in total.